The Morgan fingerprint density at radius 3 is 2.30 bits per heavy atom. The number of rotatable bonds is 5. The van der Waals surface area contributed by atoms with Crippen LogP contribution < -0.4 is 14.2 Å². The first-order valence-electron chi connectivity index (χ1n) is 6.00. The molecule has 5 heteroatoms. The number of hydrogen-bond acceptors (Lipinski definition) is 5. The second-order valence-corrected chi connectivity index (χ2v) is 4.10. The van der Waals surface area contributed by atoms with Crippen molar-refractivity contribution in [2.75, 3.05) is 14.2 Å². The average Bonchev–Trinajstić information content (AvgIpc) is 2.49. The quantitative estimate of drug-likeness (QED) is 0.784. The van der Waals surface area contributed by atoms with Crippen LogP contribution in [0.25, 0.3) is 0 Å². The molecule has 0 spiro atoms. The van der Waals surface area contributed by atoms with Crippen LogP contribution in [0.2, 0.25) is 0 Å². The van der Waals surface area contributed by atoms with Crippen LogP contribution in [0, 0.1) is 6.92 Å². The fraction of sp³-hybridized carbons (Fsp3) is 0.200. The Balaban J connectivity index is 2.41. The number of carbonyl (C=O) groups is 1. The molecule has 0 bridgehead atoms. The van der Waals surface area contributed by atoms with Gasteiger partial charge in [-0.15, -0.1) is 0 Å². The van der Waals surface area contributed by atoms with Crippen LogP contribution in [0.5, 0.6) is 23.1 Å². The molecule has 0 N–H and O–H groups in total. The summed E-state index contributed by atoms with van der Waals surface area (Å²) in [7, 11) is 3.11. The Labute approximate surface area is 117 Å². The van der Waals surface area contributed by atoms with E-state index in [2.05, 4.69) is 4.98 Å². The molecule has 0 amide bonds. The highest BCUT2D eigenvalue weighted by molar-refractivity contribution is 5.74. The van der Waals surface area contributed by atoms with Gasteiger partial charge in [0.05, 0.1) is 14.2 Å². The van der Waals surface area contributed by atoms with Crippen molar-refractivity contribution in [3.63, 3.8) is 0 Å². The number of para-hydroxylation sites is 1. The minimum absolute atomic E-state index is 0.401. The maximum atomic E-state index is 10.7. The van der Waals surface area contributed by atoms with E-state index in [1.54, 1.807) is 38.5 Å². The highest BCUT2D eigenvalue weighted by Crippen LogP contribution is 2.40. The normalized spacial score (nSPS) is 9.95. The first-order chi connectivity index (χ1) is 9.69. The van der Waals surface area contributed by atoms with Gasteiger partial charge in [-0.3, -0.25) is 4.79 Å². The molecule has 2 aromatic rings. The molecule has 0 fully saturated rings. The van der Waals surface area contributed by atoms with Gasteiger partial charge in [-0.25, -0.2) is 4.98 Å². The smallest absolute Gasteiger partial charge is 0.222 e. The molecule has 0 saturated carbocycles. The number of carbonyl (C=O) groups excluding carboxylic acids is 1. The van der Waals surface area contributed by atoms with Crippen molar-refractivity contribution in [1.82, 2.24) is 4.98 Å². The number of pyridine rings is 1. The molecule has 0 aliphatic rings. The van der Waals surface area contributed by atoms with Crippen LogP contribution >= 0.6 is 0 Å². The van der Waals surface area contributed by atoms with Crippen molar-refractivity contribution in [2.45, 2.75) is 6.92 Å². The molecule has 1 aromatic carbocycles. The third kappa shape index (κ3) is 2.71. The molecule has 20 heavy (non-hydrogen) atoms. The minimum Gasteiger partial charge on any atom is -0.493 e. The van der Waals surface area contributed by atoms with E-state index in [0.717, 1.165) is 11.8 Å². The highest BCUT2D eigenvalue weighted by atomic mass is 16.5. The summed E-state index contributed by atoms with van der Waals surface area (Å²) in [5.74, 6) is 1.94. The summed E-state index contributed by atoms with van der Waals surface area (Å²) in [5.41, 5.74) is 1.25. The van der Waals surface area contributed by atoms with Crippen LogP contribution in [-0.4, -0.2) is 25.5 Å². The first-order valence-corrected chi connectivity index (χ1v) is 6.00. The van der Waals surface area contributed by atoms with Gasteiger partial charge in [0.25, 0.3) is 0 Å². The molecule has 1 heterocycles. The Morgan fingerprint density at radius 2 is 1.80 bits per heavy atom. The lowest BCUT2D eigenvalue weighted by Gasteiger charge is -2.14. The number of aryl methyl sites for hydroxylation is 1. The summed E-state index contributed by atoms with van der Waals surface area (Å²) in [6.45, 7) is 1.82. The molecule has 5 nitrogen and oxygen atoms in total. The van der Waals surface area contributed by atoms with Gasteiger partial charge in [0.2, 0.25) is 11.6 Å². The monoisotopic (exact) mass is 273 g/mol. The first kappa shape index (κ1) is 13.9. The largest absolute Gasteiger partial charge is 0.493 e. The Morgan fingerprint density at radius 1 is 1.15 bits per heavy atom. The fourth-order valence-electron chi connectivity index (χ4n) is 1.77. The van der Waals surface area contributed by atoms with Crippen LogP contribution in [0.15, 0.2) is 30.5 Å². The van der Waals surface area contributed by atoms with E-state index < -0.39 is 0 Å². The van der Waals surface area contributed by atoms with Gasteiger partial charge in [0, 0.05) is 17.3 Å². The van der Waals surface area contributed by atoms with Crippen LogP contribution in [0.3, 0.4) is 0 Å². The number of aldehydes is 1. The molecule has 0 aliphatic heterocycles. The van der Waals surface area contributed by atoms with E-state index in [1.807, 2.05) is 6.92 Å². The lowest BCUT2D eigenvalue weighted by Crippen LogP contribution is -1.98. The molecule has 104 valence electrons. The Bertz CT molecular complexity index is 603. The van der Waals surface area contributed by atoms with Crippen molar-refractivity contribution in [3.05, 3.63) is 41.6 Å². The number of methoxy groups -OCH3 is 2. The molecule has 0 radical (unpaired) electrons. The maximum Gasteiger partial charge on any atom is 0.222 e. The lowest BCUT2D eigenvalue weighted by molar-refractivity contribution is 0.112. The zero-order valence-corrected chi connectivity index (χ0v) is 11.5. The van der Waals surface area contributed by atoms with Crippen molar-refractivity contribution in [3.8, 4) is 23.1 Å². The SMILES string of the molecule is COc1cccc(OC)c1Oc1ncc(C=O)cc1C. The van der Waals surface area contributed by atoms with Gasteiger partial charge in [-0.05, 0) is 25.1 Å². The maximum absolute atomic E-state index is 10.7. The van der Waals surface area contributed by atoms with E-state index in [0.29, 0.717) is 28.7 Å². The molecule has 0 unspecified atom stereocenters. The third-order valence-electron chi connectivity index (χ3n) is 2.77. The summed E-state index contributed by atoms with van der Waals surface area (Å²) < 4.78 is 16.3. The molecule has 0 aliphatic carbocycles. The van der Waals surface area contributed by atoms with Gasteiger partial charge in [0.1, 0.15) is 0 Å². The standard InChI is InChI=1S/C15H15NO4/c1-10-7-11(9-17)8-16-15(10)20-14-12(18-2)5-4-6-13(14)19-3/h4-9H,1-3H3. The van der Waals surface area contributed by atoms with Crippen molar-refractivity contribution >= 4 is 6.29 Å². The van der Waals surface area contributed by atoms with Gasteiger partial charge in [-0.2, -0.15) is 0 Å². The number of ether oxygens (including phenoxy) is 3. The second kappa shape index (κ2) is 6.06. The molecule has 0 saturated heterocycles. The second-order valence-electron chi connectivity index (χ2n) is 4.10. The van der Waals surface area contributed by atoms with Crippen molar-refractivity contribution < 1.29 is 19.0 Å². The van der Waals surface area contributed by atoms with Crippen LogP contribution in [0.4, 0.5) is 0 Å². The van der Waals surface area contributed by atoms with Gasteiger partial charge in [-0.1, -0.05) is 6.07 Å². The van der Waals surface area contributed by atoms with E-state index >= 15 is 0 Å². The summed E-state index contributed by atoms with van der Waals surface area (Å²) in [5, 5.41) is 0. The minimum atomic E-state index is 0.401. The number of aromatic nitrogens is 1. The fourth-order valence-corrected chi connectivity index (χ4v) is 1.77. The average molecular weight is 273 g/mol. The number of nitrogens with zero attached hydrogens (tertiary/aromatic N) is 1. The van der Waals surface area contributed by atoms with Crippen LogP contribution in [-0.2, 0) is 0 Å². The third-order valence-corrected chi connectivity index (χ3v) is 2.77. The zero-order valence-electron chi connectivity index (χ0n) is 11.5. The molecular formula is C15H15NO4. The summed E-state index contributed by atoms with van der Waals surface area (Å²) >= 11 is 0. The number of benzene rings is 1. The summed E-state index contributed by atoms with van der Waals surface area (Å²) in [4.78, 5) is 14.8. The highest BCUT2D eigenvalue weighted by Gasteiger charge is 2.14. The number of hydrogen-bond donors (Lipinski definition) is 0. The van der Waals surface area contributed by atoms with E-state index in [1.165, 1.54) is 6.20 Å². The summed E-state index contributed by atoms with van der Waals surface area (Å²) in [6.07, 6.45) is 2.20. The predicted octanol–water partition coefficient (Wildman–Crippen LogP) is 3.01. The molecule has 1 aromatic heterocycles. The van der Waals surface area contributed by atoms with E-state index in [9.17, 15) is 4.79 Å². The van der Waals surface area contributed by atoms with Gasteiger partial charge < -0.3 is 14.2 Å². The van der Waals surface area contributed by atoms with Crippen molar-refractivity contribution in [1.29, 1.82) is 0 Å². The van der Waals surface area contributed by atoms with Crippen LogP contribution in [0.1, 0.15) is 15.9 Å². The van der Waals surface area contributed by atoms with Gasteiger partial charge >= 0.3 is 0 Å². The zero-order chi connectivity index (χ0) is 14.5. The lowest BCUT2D eigenvalue weighted by atomic mass is 10.2. The summed E-state index contributed by atoms with van der Waals surface area (Å²) in [6, 6.07) is 7.05. The molecule has 0 atom stereocenters. The predicted molar refractivity (Wildman–Crippen MR) is 74.0 cm³/mol. The topological polar surface area (TPSA) is 57.6 Å². The van der Waals surface area contributed by atoms with E-state index in [4.69, 9.17) is 14.2 Å². The van der Waals surface area contributed by atoms with Crippen molar-refractivity contribution in [2.24, 2.45) is 0 Å². The molecule has 2 rings (SSSR count). The Kier molecular flexibility index (Phi) is 4.20. The van der Waals surface area contributed by atoms with Gasteiger partial charge in [0.15, 0.2) is 17.8 Å². The Hall–Kier alpha value is -2.56. The van der Waals surface area contributed by atoms with E-state index in [-0.39, 0.29) is 0 Å². The molecular weight excluding hydrogens is 258 g/mol.